The van der Waals surface area contributed by atoms with E-state index in [2.05, 4.69) is 18.0 Å². The highest BCUT2D eigenvalue weighted by molar-refractivity contribution is 5.84. The van der Waals surface area contributed by atoms with Crippen LogP contribution in [0.15, 0.2) is 30.3 Å². The van der Waals surface area contributed by atoms with Crippen molar-refractivity contribution < 1.29 is 9.47 Å². The fourth-order valence-corrected chi connectivity index (χ4v) is 1.97. The third-order valence-corrected chi connectivity index (χ3v) is 3.22. The Morgan fingerprint density at radius 1 is 1.21 bits per heavy atom. The Balaban J connectivity index is 1.86. The van der Waals surface area contributed by atoms with Crippen molar-refractivity contribution in [2.75, 3.05) is 6.61 Å². The molecule has 0 atom stereocenters. The Bertz CT molecular complexity index is 564. The molecule has 1 aromatic carbocycles. The van der Waals surface area contributed by atoms with Crippen LogP contribution < -0.4 is 9.47 Å². The van der Waals surface area contributed by atoms with E-state index < -0.39 is 0 Å². The van der Waals surface area contributed by atoms with Crippen LogP contribution in [0, 0.1) is 0 Å². The summed E-state index contributed by atoms with van der Waals surface area (Å²) < 4.78 is 11.6. The van der Waals surface area contributed by atoms with Crippen LogP contribution in [0.5, 0.6) is 11.6 Å². The average Bonchev–Trinajstić information content (AvgIpc) is 3.23. The number of rotatable bonds is 6. The minimum absolute atomic E-state index is 0.373. The van der Waals surface area contributed by atoms with Crippen LogP contribution in [0.4, 0.5) is 0 Å². The number of ether oxygens (including phenoxy) is 2. The zero-order valence-electron chi connectivity index (χ0n) is 11.3. The van der Waals surface area contributed by atoms with Gasteiger partial charge in [0.2, 0.25) is 5.88 Å². The molecule has 100 valence electrons. The van der Waals surface area contributed by atoms with E-state index >= 15 is 0 Å². The SMILES string of the molecule is CCCCOc1cccc2ccc(OC3CC3)nc12. The minimum Gasteiger partial charge on any atom is -0.491 e. The number of nitrogens with zero attached hydrogens (tertiary/aromatic N) is 1. The smallest absolute Gasteiger partial charge is 0.214 e. The van der Waals surface area contributed by atoms with Gasteiger partial charge in [-0.05, 0) is 31.4 Å². The van der Waals surface area contributed by atoms with Gasteiger partial charge in [-0.25, -0.2) is 4.98 Å². The Labute approximate surface area is 113 Å². The van der Waals surface area contributed by atoms with Gasteiger partial charge in [0.25, 0.3) is 0 Å². The molecule has 1 aliphatic rings. The molecule has 1 fully saturated rings. The van der Waals surface area contributed by atoms with Crippen LogP contribution in [0.3, 0.4) is 0 Å². The maximum atomic E-state index is 5.82. The fraction of sp³-hybridized carbons (Fsp3) is 0.438. The first-order valence-corrected chi connectivity index (χ1v) is 7.06. The molecule has 0 spiro atoms. The monoisotopic (exact) mass is 257 g/mol. The van der Waals surface area contributed by atoms with Crippen LogP contribution in [0.25, 0.3) is 10.9 Å². The molecule has 3 rings (SSSR count). The topological polar surface area (TPSA) is 31.4 Å². The second-order valence-corrected chi connectivity index (χ2v) is 5.00. The molecular weight excluding hydrogens is 238 g/mol. The molecule has 1 heterocycles. The van der Waals surface area contributed by atoms with Crippen LogP contribution in [-0.2, 0) is 0 Å². The molecule has 1 aromatic heterocycles. The first kappa shape index (κ1) is 12.3. The first-order chi connectivity index (χ1) is 9.36. The zero-order valence-corrected chi connectivity index (χ0v) is 11.3. The normalized spacial score (nSPS) is 14.6. The Kier molecular flexibility index (Phi) is 3.53. The maximum absolute atomic E-state index is 5.82. The molecule has 0 N–H and O–H groups in total. The summed E-state index contributed by atoms with van der Waals surface area (Å²) in [6.45, 7) is 2.90. The van der Waals surface area contributed by atoms with Gasteiger partial charge in [0.1, 0.15) is 17.4 Å². The highest BCUT2D eigenvalue weighted by atomic mass is 16.5. The molecule has 3 heteroatoms. The molecule has 0 saturated heterocycles. The van der Waals surface area contributed by atoms with Gasteiger partial charge >= 0.3 is 0 Å². The Hall–Kier alpha value is -1.77. The molecule has 0 unspecified atom stereocenters. The van der Waals surface area contributed by atoms with E-state index in [0.717, 1.165) is 48.9 Å². The highest BCUT2D eigenvalue weighted by Crippen LogP contribution is 2.29. The quantitative estimate of drug-likeness (QED) is 0.734. The van der Waals surface area contributed by atoms with Gasteiger partial charge in [0.15, 0.2) is 0 Å². The molecule has 19 heavy (non-hydrogen) atoms. The molecule has 3 nitrogen and oxygen atoms in total. The van der Waals surface area contributed by atoms with Gasteiger partial charge in [-0.3, -0.25) is 0 Å². The second-order valence-electron chi connectivity index (χ2n) is 5.00. The number of benzene rings is 1. The number of hydrogen-bond acceptors (Lipinski definition) is 3. The van der Waals surface area contributed by atoms with Crippen LogP contribution >= 0.6 is 0 Å². The standard InChI is InChI=1S/C16H19NO2/c1-2-3-11-18-14-6-4-5-12-7-10-15(17-16(12)14)19-13-8-9-13/h4-7,10,13H,2-3,8-9,11H2,1H3. The molecule has 2 aromatic rings. The van der Waals surface area contributed by atoms with Crippen LogP contribution in [0.1, 0.15) is 32.6 Å². The number of aromatic nitrogens is 1. The van der Waals surface area contributed by atoms with Crippen molar-refractivity contribution in [1.29, 1.82) is 0 Å². The molecule has 1 aliphatic carbocycles. The largest absolute Gasteiger partial charge is 0.491 e. The van der Waals surface area contributed by atoms with Gasteiger partial charge in [-0.15, -0.1) is 0 Å². The number of para-hydroxylation sites is 1. The third-order valence-electron chi connectivity index (χ3n) is 3.22. The van der Waals surface area contributed by atoms with Gasteiger partial charge in [-0.2, -0.15) is 0 Å². The third kappa shape index (κ3) is 2.98. The van der Waals surface area contributed by atoms with E-state index in [9.17, 15) is 0 Å². The molecular formula is C16H19NO2. The number of fused-ring (bicyclic) bond motifs is 1. The molecule has 0 aliphatic heterocycles. The maximum Gasteiger partial charge on any atom is 0.214 e. The fourth-order valence-electron chi connectivity index (χ4n) is 1.97. The van der Waals surface area contributed by atoms with Gasteiger partial charge in [0.05, 0.1) is 6.61 Å². The average molecular weight is 257 g/mol. The van der Waals surface area contributed by atoms with Crippen molar-refractivity contribution in [3.63, 3.8) is 0 Å². The predicted molar refractivity (Wildman–Crippen MR) is 75.8 cm³/mol. The summed E-state index contributed by atoms with van der Waals surface area (Å²) in [5, 5.41) is 1.09. The van der Waals surface area contributed by atoms with E-state index in [0.29, 0.717) is 12.0 Å². The van der Waals surface area contributed by atoms with E-state index in [1.165, 1.54) is 0 Å². The molecule has 1 saturated carbocycles. The van der Waals surface area contributed by atoms with Crippen molar-refractivity contribution in [2.24, 2.45) is 0 Å². The summed E-state index contributed by atoms with van der Waals surface area (Å²) >= 11 is 0. The molecule has 0 radical (unpaired) electrons. The minimum atomic E-state index is 0.373. The lowest BCUT2D eigenvalue weighted by Gasteiger charge is -2.10. The van der Waals surface area contributed by atoms with Crippen molar-refractivity contribution in [3.8, 4) is 11.6 Å². The van der Waals surface area contributed by atoms with Crippen molar-refractivity contribution in [3.05, 3.63) is 30.3 Å². The van der Waals surface area contributed by atoms with Crippen molar-refractivity contribution in [1.82, 2.24) is 4.98 Å². The van der Waals surface area contributed by atoms with E-state index in [1.807, 2.05) is 24.3 Å². The summed E-state index contributed by atoms with van der Waals surface area (Å²) in [6.07, 6.45) is 4.86. The Morgan fingerprint density at radius 2 is 2.11 bits per heavy atom. The molecule has 0 bridgehead atoms. The first-order valence-electron chi connectivity index (χ1n) is 7.06. The van der Waals surface area contributed by atoms with Gasteiger partial charge in [0, 0.05) is 11.5 Å². The van der Waals surface area contributed by atoms with Crippen LogP contribution in [-0.4, -0.2) is 17.7 Å². The second kappa shape index (κ2) is 5.47. The summed E-state index contributed by atoms with van der Waals surface area (Å²) in [5.41, 5.74) is 0.900. The van der Waals surface area contributed by atoms with Gasteiger partial charge in [-0.1, -0.05) is 25.5 Å². The number of hydrogen-bond donors (Lipinski definition) is 0. The summed E-state index contributed by atoms with van der Waals surface area (Å²) in [6, 6.07) is 10.0. The van der Waals surface area contributed by atoms with Crippen LogP contribution in [0.2, 0.25) is 0 Å². The molecule has 0 amide bonds. The van der Waals surface area contributed by atoms with Crippen molar-refractivity contribution >= 4 is 10.9 Å². The van der Waals surface area contributed by atoms with E-state index in [1.54, 1.807) is 0 Å². The lowest BCUT2D eigenvalue weighted by atomic mass is 10.2. The number of pyridine rings is 1. The van der Waals surface area contributed by atoms with Crippen molar-refractivity contribution in [2.45, 2.75) is 38.7 Å². The van der Waals surface area contributed by atoms with E-state index in [-0.39, 0.29) is 0 Å². The lowest BCUT2D eigenvalue weighted by Crippen LogP contribution is -2.00. The van der Waals surface area contributed by atoms with E-state index in [4.69, 9.17) is 9.47 Å². The summed E-state index contributed by atoms with van der Waals surface area (Å²) in [4.78, 5) is 4.59. The number of unbranched alkanes of at least 4 members (excludes halogenated alkanes) is 1. The Morgan fingerprint density at radius 3 is 2.89 bits per heavy atom. The summed E-state index contributed by atoms with van der Waals surface area (Å²) in [5.74, 6) is 1.56. The lowest BCUT2D eigenvalue weighted by molar-refractivity contribution is 0.290. The van der Waals surface area contributed by atoms with Gasteiger partial charge < -0.3 is 9.47 Å². The predicted octanol–water partition coefficient (Wildman–Crippen LogP) is 3.95. The summed E-state index contributed by atoms with van der Waals surface area (Å²) in [7, 11) is 0. The highest BCUT2D eigenvalue weighted by Gasteiger charge is 2.24. The zero-order chi connectivity index (χ0) is 13.1.